The normalized spacial score (nSPS) is 18.9. The zero-order chi connectivity index (χ0) is 17.0. The molecule has 1 N–H and O–H groups in total. The van der Waals surface area contributed by atoms with Crippen molar-refractivity contribution in [2.75, 3.05) is 18.4 Å². The third-order valence-corrected chi connectivity index (χ3v) is 5.79. The summed E-state index contributed by atoms with van der Waals surface area (Å²) in [5, 5.41) is 2.74. The lowest BCUT2D eigenvalue weighted by molar-refractivity contribution is -0.120. The Morgan fingerprint density at radius 1 is 1.21 bits per heavy atom. The highest BCUT2D eigenvalue weighted by atomic mass is 32.2. The number of pyridine rings is 2. The number of carbonyl (C=O) groups is 1. The molecule has 0 saturated carbocycles. The van der Waals surface area contributed by atoms with Crippen molar-refractivity contribution >= 4 is 21.7 Å². The van der Waals surface area contributed by atoms with Gasteiger partial charge in [-0.25, -0.2) is 13.4 Å². The van der Waals surface area contributed by atoms with E-state index < -0.39 is 15.9 Å². The Hall–Kier alpha value is -2.32. The zero-order valence-electron chi connectivity index (χ0n) is 13.0. The van der Waals surface area contributed by atoms with Crippen LogP contribution in [-0.4, -0.2) is 41.7 Å². The fourth-order valence-corrected chi connectivity index (χ4v) is 4.18. The van der Waals surface area contributed by atoms with Gasteiger partial charge in [-0.05, 0) is 37.1 Å². The van der Waals surface area contributed by atoms with Crippen LogP contribution in [0.25, 0.3) is 0 Å². The van der Waals surface area contributed by atoms with Crippen LogP contribution in [0.15, 0.2) is 53.8 Å². The molecule has 2 aromatic rings. The molecule has 8 heteroatoms. The number of amides is 1. The standard InChI is InChI=1S/C16H18N4O3S/c21-16(19-15-7-1-2-9-18-15)13-5-4-10-20(12-13)24(22,23)14-6-3-8-17-11-14/h1-3,6-9,11,13H,4-5,10,12H2,(H,18,19,21). The number of rotatable bonds is 4. The lowest BCUT2D eigenvalue weighted by Crippen LogP contribution is -2.43. The first-order chi connectivity index (χ1) is 11.6. The molecule has 0 aromatic carbocycles. The highest BCUT2D eigenvalue weighted by Crippen LogP contribution is 2.24. The van der Waals surface area contributed by atoms with Crippen molar-refractivity contribution in [1.82, 2.24) is 14.3 Å². The van der Waals surface area contributed by atoms with Gasteiger partial charge in [-0.3, -0.25) is 9.78 Å². The average molecular weight is 346 g/mol. The number of anilines is 1. The van der Waals surface area contributed by atoms with E-state index in [2.05, 4.69) is 15.3 Å². The molecule has 126 valence electrons. The molecule has 0 aliphatic carbocycles. The molecule has 3 rings (SSSR count). The van der Waals surface area contributed by atoms with Crippen LogP contribution >= 0.6 is 0 Å². The largest absolute Gasteiger partial charge is 0.310 e. The van der Waals surface area contributed by atoms with E-state index in [1.54, 1.807) is 30.5 Å². The van der Waals surface area contributed by atoms with Gasteiger partial charge < -0.3 is 5.32 Å². The zero-order valence-corrected chi connectivity index (χ0v) is 13.8. The number of piperidine rings is 1. The topological polar surface area (TPSA) is 92.3 Å². The molecule has 2 aromatic heterocycles. The average Bonchev–Trinajstić information content (AvgIpc) is 2.63. The summed E-state index contributed by atoms with van der Waals surface area (Å²) >= 11 is 0. The van der Waals surface area contributed by atoms with Gasteiger partial charge in [-0.2, -0.15) is 4.31 Å². The highest BCUT2D eigenvalue weighted by molar-refractivity contribution is 7.89. The molecule has 1 saturated heterocycles. The molecule has 0 radical (unpaired) electrons. The van der Waals surface area contributed by atoms with E-state index in [0.717, 1.165) is 0 Å². The smallest absolute Gasteiger partial charge is 0.244 e. The minimum Gasteiger partial charge on any atom is -0.310 e. The Kier molecular flexibility index (Phi) is 4.86. The fraction of sp³-hybridized carbons (Fsp3) is 0.312. The summed E-state index contributed by atoms with van der Waals surface area (Å²) in [4.78, 5) is 20.5. The Morgan fingerprint density at radius 2 is 2.08 bits per heavy atom. The molecule has 24 heavy (non-hydrogen) atoms. The van der Waals surface area contributed by atoms with Crippen LogP contribution in [0.5, 0.6) is 0 Å². The lowest BCUT2D eigenvalue weighted by atomic mass is 9.99. The number of sulfonamides is 1. The first-order valence-corrected chi connectivity index (χ1v) is 9.13. The van der Waals surface area contributed by atoms with Gasteiger partial charge in [0.25, 0.3) is 0 Å². The maximum absolute atomic E-state index is 12.7. The van der Waals surface area contributed by atoms with Gasteiger partial charge in [-0.15, -0.1) is 0 Å². The number of nitrogens with one attached hydrogen (secondary N) is 1. The van der Waals surface area contributed by atoms with Gasteiger partial charge in [0.05, 0.1) is 5.92 Å². The molecular formula is C16H18N4O3S. The summed E-state index contributed by atoms with van der Waals surface area (Å²) in [6.07, 6.45) is 5.73. The molecule has 3 heterocycles. The predicted molar refractivity (Wildman–Crippen MR) is 88.6 cm³/mol. The van der Waals surface area contributed by atoms with Crippen molar-refractivity contribution < 1.29 is 13.2 Å². The number of aromatic nitrogens is 2. The van der Waals surface area contributed by atoms with E-state index in [0.29, 0.717) is 25.2 Å². The van der Waals surface area contributed by atoms with Crippen LogP contribution in [0.2, 0.25) is 0 Å². The van der Waals surface area contributed by atoms with Crippen LogP contribution in [0.1, 0.15) is 12.8 Å². The number of hydrogen-bond donors (Lipinski definition) is 1. The summed E-state index contributed by atoms with van der Waals surface area (Å²) in [7, 11) is -3.63. The SMILES string of the molecule is O=C(Nc1ccccn1)C1CCCN(S(=O)(=O)c2cccnc2)C1. The Bertz CT molecular complexity index is 797. The Balaban J connectivity index is 1.71. The van der Waals surface area contributed by atoms with E-state index in [1.165, 1.54) is 22.8 Å². The Labute approximate surface area is 140 Å². The van der Waals surface area contributed by atoms with E-state index in [9.17, 15) is 13.2 Å². The summed E-state index contributed by atoms with van der Waals surface area (Å²) in [5.41, 5.74) is 0. The van der Waals surface area contributed by atoms with E-state index >= 15 is 0 Å². The maximum atomic E-state index is 12.7. The summed E-state index contributed by atoms with van der Waals surface area (Å²) in [6.45, 7) is 0.570. The maximum Gasteiger partial charge on any atom is 0.244 e. The minimum absolute atomic E-state index is 0.149. The van der Waals surface area contributed by atoms with Gasteiger partial charge in [-0.1, -0.05) is 6.07 Å². The van der Waals surface area contributed by atoms with Gasteiger partial charge in [0.15, 0.2) is 0 Å². The van der Waals surface area contributed by atoms with Gasteiger partial charge in [0.2, 0.25) is 15.9 Å². The minimum atomic E-state index is -3.63. The summed E-state index contributed by atoms with van der Waals surface area (Å²) in [6, 6.07) is 8.34. The third kappa shape index (κ3) is 3.60. The molecule has 1 amide bonds. The van der Waals surface area contributed by atoms with E-state index in [1.807, 2.05) is 0 Å². The first-order valence-electron chi connectivity index (χ1n) is 7.69. The van der Waals surface area contributed by atoms with Crippen molar-refractivity contribution in [2.45, 2.75) is 17.7 Å². The molecule has 1 atom stereocenters. The van der Waals surface area contributed by atoms with Crippen LogP contribution in [0.4, 0.5) is 5.82 Å². The second-order valence-corrected chi connectivity index (χ2v) is 7.53. The molecule has 1 aliphatic rings. The van der Waals surface area contributed by atoms with Gasteiger partial charge in [0, 0.05) is 31.7 Å². The van der Waals surface area contributed by atoms with Gasteiger partial charge >= 0.3 is 0 Å². The summed E-state index contributed by atoms with van der Waals surface area (Å²) < 4.78 is 26.7. The van der Waals surface area contributed by atoms with Crippen LogP contribution < -0.4 is 5.32 Å². The van der Waals surface area contributed by atoms with Crippen molar-refractivity contribution in [3.63, 3.8) is 0 Å². The molecule has 1 fully saturated rings. The monoisotopic (exact) mass is 346 g/mol. The predicted octanol–water partition coefficient (Wildman–Crippen LogP) is 1.52. The van der Waals surface area contributed by atoms with E-state index in [-0.39, 0.29) is 17.3 Å². The number of hydrogen-bond acceptors (Lipinski definition) is 5. The molecule has 7 nitrogen and oxygen atoms in total. The number of carbonyl (C=O) groups excluding carboxylic acids is 1. The first kappa shape index (κ1) is 16.5. The highest BCUT2D eigenvalue weighted by Gasteiger charge is 2.33. The van der Waals surface area contributed by atoms with Crippen LogP contribution in [0.3, 0.4) is 0 Å². The van der Waals surface area contributed by atoms with Crippen LogP contribution in [-0.2, 0) is 14.8 Å². The molecule has 0 bridgehead atoms. The van der Waals surface area contributed by atoms with Crippen molar-refractivity contribution in [3.8, 4) is 0 Å². The van der Waals surface area contributed by atoms with Crippen molar-refractivity contribution in [2.24, 2.45) is 5.92 Å². The molecule has 0 spiro atoms. The van der Waals surface area contributed by atoms with Crippen LogP contribution in [0, 0.1) is 5.92 Å². The van der Waals surface area contributed by atoms with Crippen molar-refractivity contribution in [3.05, 3.63) is 48.9 Å². The summed E-state index contributed by atoms with van der Waals surface area (Å²) in [5.74, 6) is -0.137. The third-order valence-electron chi connectivity index (χ3n) is 3.94. The second kappa shape index (κ2) is 7.06. The van der Waals surface area contributed by atoms with Crippen molar-refractivity contribution in [1.29, 1.82) is 0 Å². The quantitative estimate of drug-likeness (QED) is 0.906. The second-order valence-electron chi connectivity index (χ2n) is 5.60. The lowest BCUT2D eigenvalue weighted by Gasteiger charge is -2.31. The molecule has 1 unspecified atom stereocenters. The number of nitrogens with zero attached hydrogens (tertiary/aromatic N) is 3. The molecule has 1 aliphatic heterocycles. The molecular weight excluding hydrogens is 328 g/mol. The van der Waals surface area contributed by atoms with Gasteiger partial charge in [0.1, 0.15) is 10.7 Å². The van der Waals surface area contributed by atoms with E-state index in [4.69, 9.17) is 0 Å². The Morgan fingerprint density at radius 3 is 2.79 bits per heavy atom. The fourth-order valence-electron chi connectivity index (χ4n) is 2.69.